The quantitative estimate of drug-likeness (QED) is 0.0685. The highest BCUT2D eigenvalue weighted by molar-refractivity contribution is 6.25. The van der Waals surface area contributed by atoms with Crippen LogP contribution in [0, 0.1) is 75.4 Å². The molecule has 0 amide bonds. The van der Waals surface area contributed by atoms with Gasteiger partial charge in [-0.1, -0.05) is 62.3 Å². The molecule has 0 bridgehead atoms. The summed E-state index contributed by atoms with van der Waals surface area (Å²) in [5.74, 6) is -4.22. The van der Waals surface area contributed by atoms with Crippen molar-refractivity contribution in [3.63, 3.8) is 0 Å². The monoisotopic (exact) mass is 889 g/mol. The summed E-state index contributed by atoms with van der Waals surface area (Å²) < 4.78 is 17.1. The number of nitro benzene ring substituents is 2. The number of fused-ring (bicyclic) bond motifs is 3. The van der Waals surface area contributed by atoms with E-state index in [1.165, 1.54) is 19.2 Å². The smallest absolute Gasteiger partial charge is 0.339 e. The van der Waals surface area contributed by atoms with Gasteiger partial charge in [0.05, 0.1) is 44.8 Å². The number of benzene rings is 2. The Morgan fingerprint density at radius 3 is 1.98 bits per heavy atom. The van der Waals surface area contributed by atoms with Gasteiger partial charge in [-0.15, -0.1) is 0 Å². The summed E-state index contributed by atoms with van der Waals surface area (Å²) in [6.07, 6.45) is -1.17. The van der Waals surface area contributed by atoms with Gasteiger partial charge in [0.1, 0.15) is 12.2 Å². The number of nitro groups is 2. The van der Waals surface area contributed by atoms with Crippen molar-refractivity contribution >= 4 is 41.0 Å². The molecular weight excluding hydrogens is 827 g/mol. The molecule has 2 aliphatic carbocycles. The van der Waals surface area contributed by atoms with Crippen molar-refractivity contribution < 1.29 is 53.1 Å². The van der Waals surface area contributed by atoms with Crippen molar-refractivity contribution in [3.05, 3.63) is 67.3 Å². The Kier molecular flexibility index (Phi) is 13.8. The van der Waals surface area contributed by atoms with Crippen molar-refractivity contribution in [2.45, 2.75) is 141 Å². The summed E-state index contributed by atoms with van der Waals surface area (Å²) in [6.45, 7) is 24.1. The number of carboxylic acid groups (broad SMARTS) is 1. The number of methoxy groups -OCH3 is 1. The number of ketones is 1. The number of hydrogen-bond acceptors (Lipinski definition) is 13. The second-order valence-corrected chi connectivity index (χ2v) is 20.5. The van der Waals surface area contributed by atoms with E-state index >= 15 is 0 Å². The summed E-state index contributed by atoms with van der Waals surface area (Å²) in [5.41, 5.74) is -8.84. The van der Waals surface area contributed by atoms with Crippen molar-refractivity contribution in [1.29, 1.82) is 5.26 Å². The maximum absolute atomic E-state index is 13.9. The van der Waals surface area contributed by atoms with Crippen LogP contribution in [0.3, 0.4) is 0 Å². The number of carbonyl (C=O) groups is 5. The Bertz CT molecular complexity index is 2320. The van der Waals surface area contributed by atoms with E-state index in [4.69, 9.17) is 14.2 Å². The molecule has 348 valence electrons. The Balaban J connectivity index is 1.60. The highest BCUT2D eigenvalue weighted by Gasteiger charge is 2.69. The number of hydrogen-bond donors (Lipinski definition) is 1. The van der Waals surface area contributed by atoms with Crippen molar-refractivity contribution in [2.75, 3.05) is 7.11 Å². The molecule has 1 N–H and O–H groups in total. The number of carboxylic acids is 1. The lowest BCUT2D eigenvalue weighted by atomic mass is 9.43. The molecule has 1 fully saturated rings. The Morgan fingerprint density at radius 1 is 0.906 bits per heavy atom. The van der Waals surface area contributed by atoms with E-state index in [2.05, 4.69) is 6.07 Å². The fourth-order valence-electron chi connectivity index (χ4n) is 11.2. The van der Waals surface area contributed by atoms with E-state index in [0.717, 1.165) is 18.2 Å². The van der Waals surface area contributed by atoms with Gasteiger partial charge in [-0.05, 0) is 92.6 Å². The number of rotatable bonds is 14. The van der Waals surface area contributed by atoms with E-state index in [-0.39, 0.29) is 77.9 Å². The molecule has 16 heteroatoms. The SMILES string of the molecule is CCC(CC(C)OC(=O)CCC(C)(C#N)C1(C)C(C)CC(C)(C(=O)OC)C(C)(C)C(C)(C)C(C)(C(=O)O)CC1(C)C)OC(=O)c1cc([N+](=O)[O-])cc2c1-c1ccc([N+](=O)[O-])cc1C2=O. The maximum atomic E-state index is 13.9. The van der Waals surface area contributed by atoms with Crippen LogP contribution in [0.2, 0.25) is 0 Å². The van der Waals surface area contributed by atoms with E-state index in [0.29, 0.717) is 0 Å². The highest BCUT2D eigenvalue weighted by atomic mass is 16.6. The molecule has 7 unspecified atom stereocenters. The average molecular weight is 890 g/mol. The molecule has 2 aliphatic rings. The summed E-state index contributed by atoms with van der Waals surface area (Å²) in [5, 5.41) is 45.4. The standard InChI is InChI=1S/C48H63N3O13/c1-15-31(64-39(54)35-23-30(51(60)61)22-34-37(35)32-17-16-29(50(58)59)21-33(32)38(34)53)20-28(3)63-36(52)18-19-45(10,26-49)48(13)27(2)24-46(11,41(57)62-14)43(6,7)44(8,9)47(12,40(55)56)25-42(48,4)5/h16-17,21-23,27-28,31H,15,18-20,24-25H2,1-14H3,(H,55,56). The van der Waals surface area contributed by atoms with E-state index in [1.54, 1.807) is 27.7 Å². The van der Waals surface area contributed by atoms with Crippen LogP contribution in [0.4, 0.5) is 11.4 Å². The molecule has 2 aromatic rings. The molecule has 4 rings (SSSR count). The molecule has 0 heterocycles. The largest absolute Gasteiger partial charge is 0.481 e. The molecule has 7 atom stereocenters. The number of aliphatic carboxylic acids is 1. The Morgan fingerprint density at radius 2 is 1.47 bits per heavy atom. The topological polar surface area (TPSA) is 243 Å². The van der Waals surface area contributed by atoms with Gasteiger partial charge in [-0.2, -0.15) is 5.26 Å². The summed E-state index contributed by atoms with van der Waals surface area (Å²) in [4.78, 5) is 90.1. The van der Waals surface area contributed by atoms with Crippen molar-refractivity contribution in [3.8, 4) is 17.2 Å². The molecular formula is C48H63N3O13. The minimum absolute atomic E-state index is 0.0234. The van der Waals surface area contributed by atoms with Gasteiger partial charge in [0.15, 0.2) is 5.78 Å². The number of nitriles is 1. The molecule has 64 heavy (non-hydrogen) atoms. The Hall–Kier alpha value is -5.72. The summed E-state index contributed by atoms with van der Waals surface area (Å²) >= 11 is 0. The van der Waals surface area contributed by atoms with E-state index in [1.807, 2.05) is 62.3 Å². The van der Waals surface area contributed by atoms with E-state index in [9.17, 15) is 54.6 Å². The summed E-state index contributed by atoms with van der Waals surface area (Å²) in [7, 11) is 1.32. The van der Waals surface area contributed by atoms with Gasteiger partial charge in [0, 0.05) is 53.8 Å². The van der Waals surface area contributed by atoms with Crippen LogP contribution in [-0.2, 0) is 28.6 Å². The molecule has 16 nitrogen and oxygen atoms in total. The average Bonchev–Trinajstić information content (AvgIpc) is 3.50. The second-order valence-electron chi connectivity index (χ2n) is 20.5. The predicted octanol–water partition coefficient (Wildman–Crippen LogP) is 10.1. The van der Waals surface area contributed by atoms with Gasteiger partial charge < -0.3 is 19.3 Å². The van der Waals surface area contributed by atoms with Gasteiger partial charge in [0.25, 0.3) is 11.4 Å². The molecule has 0 aromatic heterocycles. The second kappa shape index (κ2) is 17.3. The number of non-ortho nitro benzene ring substituents is 2. The fourth-order valence-corrected chi connectivity index (χ4v) is 11.2. The number of ether oxygens (including phenoxy) is 3. The molecule has 1 saturated carbocycles. The van der Waals surface area contributed by atoms with Gasteiger partial charge in [0.2, 0.25) is 0 Å². The first kappa shape index (κ1) is 50.9. The first-order valence-electron chi connectivity index (χ1n) is 21.6. The number of esters is 3. The van der Waals surface area contributed by atoms with Crippen molar-refractivity contribution in [2.24, 2.45) is 43.8 Å². The molecule has 0 spiro atoms. The van der Waals surface area contributed by atoms with Crippen LogP contribution in [0.5, 0.6) is 0 Å². The van der Waals surface area contributed by atoms with Crippen LogP contribution in [0.15, 0.2) is 30.3 Å². The van der Waals surface area contributed by atoms with E-state index < -0.39 is 95.3 Å². The van der Waals surface area contributed by atoms with Gasteiger partial charge >= 0.3 is 23.9 Å². The number of carbonyl (C=O) groups excluding carboxylic acids is 4. The lowest BCUT2D eigenvalue weighted by Gasteiger charge is -2.59. The van der Waals surface area contributed by atoms with Crippen LogP contribution in [0.1, 0.15) is 155 Å². The minimum atomic E-state index is -1.40. The Labute approximate surface area is 374 Å². The maximum Gasteiger partial charge on any atom is 0.339 e. The first-order valence-corrected chi connectivity index (χ1v) is 21.6. The lowest BCUT2D eigenvalue weighted by molar-refractivity contribution is -0.385. The van der Waals surface area contributed by atoms with Crippen LogP contribution in [-0.4, -0.2) is 63.9 Å². The number of nitrogens with zero attached hydrogens (tertiary/aromatic N) is 3. The predicted molar refractivity (Wildman–Crippen MR) is 235 cm³/mol. The zero-order valence-electron chi connectivity index (χ0n) is 39.5. The lowest BCUT2D eigenvalue weighted by Crippen LogP contribution is -2.59. The fraction of sp³-hybridized carbons (Fsp3) is 0.625. The molecule has 0 aliphatic heterocycles. The van der Waals surface area contributed by atoms with Crippen LogP contribution < -0.4 is 0 Å². The third-order valence-electron chi connectivity index (χ3n) is 16.7. The minimum Gasteiger partial charge on any atom is -0.481 e. The van der Waals surface area contributed by atoms with Crippen molar-refractivity contribution in [1.82, 2.24) is 0 Å². The van der Waals surface area contributed by atoms with Crippen LogP contribution in [0.25, 0.3) is 11.1 Å². The molecule has 0 radical (unpaired) electrons. The van der Waals surface area contributed by atoms with Gasteiger partial charge in [-0.3, -0.25) is 39.4 Å². The molecule has 2 aromatic carbocycles. The van der Waals surface area contributed by atoms with Gasteiger partial charge in [-0.25, -0.2) is 4.79 Å². The highest BCUT2D eigenvalue weighted by Crippen LogP contribution is 2.71. The molecule has 0 saturated heterocycles. The zero-order chi connectivity index (χ0) is 48.9. The third-order valence-corrected chi connectivity index (χ3v) is 16.7. The summed E-state index contributed by atoms with van der Waals surface area (Å²) in [6, 6.07) is 8.07. The third kappa shape index (κ3) is 8.04. The first-order chi connectivity index (χ1) is 29.3. The zero-order valence-corrected chi connectivity index (χ0v) is 39.5. The van der Waals surface area contributed by atoms with Crippen LogP contribution >= 0.6 is 0 Å². The normalized spacial score (nSPS) is 26.1.